The zero-order valence-corrected chi connectivity index (χ0v) is 11.1. The number of hydrogen-bond donors (Lipinski definition) is 1. The first-order chi connectivity index (χ1) is 9.06. The van der Waals surface area contributed by atoms with Gasteiger partial charge in [0.15, 0.2) is 11.5 Å². The number of methoxy groups -OCH3 is 2. The summed E-state index contributed by atoms with van der Waals surface area (Å²) >= 11 is 0. The topological polar surface area (TPSA) is 73.6 Å². The van der Waals surface area contributed by atoms with Gasteiger partial charge in [0, 0.05) is 18.7 Å². The van der Waals surface area contributed by atoms with Crippen LogP contribution in [0.15, 0.2) is 12.1 Å². The minimum atomic E-state index is -0.832. The average molecular weight is 264 g/mol. The summed E-state index contributed by atoms with van der Waals surface area (Å²) in [4.78, 5) is 15.1. The number of aromatic nitrogens is 2. The van der Waals surface area contributed by atoms with E-state index in [1.165, 1.54) is 0 Å². The molecule has 1 heterocycles. The molecule has 1 aromatic carbocycles. The van der Waals surface area contributed by atoms with Crippen LogP contribution in [0.25, 0.3) is 11.0 Å². The number of aliphatic carboxylic acids is 1. The summed E-state index contributed by atoms with van der Waals surface area (Å²) in [5.41, 5.74) is 1.61. The van der Waals surface area contributed by atoms with Crippen LogP contribution in [0.3, 0.4) is 0 Å². The van der Waals surface area contributed by atoms with Crippen LogP contribution in [0.5, 0.6) is 11.5 Å². The fraction of sp³-hybridized carbons (Fsp3) is 0.385. The van der Waals surface area contributed by atoms with Crippen molar-refractivity contribution < 1.29 is 19.4 Å². The van der Waals surface area contributed by atoms with E-state index in [9.17, 15) is 4.79 Å². The predicted octanol–water partition coefficient (Wildman–Crippen LogP) is 1.84. The highest BCUT2D eigenvalue weighted by Gasteiger charge is 2.13. The molecule has 0 spiro atoms. The number of imidazole rings is 1. The van der Waals surface area contributed by atoms with Gasteiger partial charge in [-0.2, -0.15) is 0 Å². The van der Waals surface area contributed by atoms with Crippen molar-refractivity contribution in [3.05, 3.63) is 18.0 Å². The molecule has 0 atom stereocenters. The van der Waals surface area contributed by atoms with E-state index in [4.69, 9.17) is 14.6 Å². The standard InChI is InChI=1S/C13H16N2O4/c1-8-14-9-6-11(18-2)12(19-3)7-10(9)15(8)5-4-13(16)17/h6-7H,4-5H2,1-3H3,(H,16,17). The monoisotopic (exact) mass is 264 g/mol. The second-order valence-corrected chi connectivity index (χ2v) is 4.15. The van der Waals surface area contributed by atoms with E-state index in [0.29, 0.717) is 18.0 Å². The van der Waals surface area contributed by atoms with Gasteiger partial charge in [-0.25, -0.2) is 4.98 Å². The summed E-state index contributed by atoms with van der Waals surface area (Å²) in [7, 11) is 3.13. The summed E-state index contributed by atoms with van der Waals surface area (Å²) < 4.78 is 12.3. The van der Waals surface area contributed by atoms with Crippen molar-refractivity contribution in [2.75, 3.05) is 14.2 Å². The van der Waals surface area contributed by atoms with Gasteiger partial charge >= 0.3 is 5.97 Å². The molecule has 0 fully saturated rings. The molecule has 0 bridgehead atoms. The number of aryl methyl sites for hydroxylation is 2. The summed E-state index contributed by atoms with van der Waals surface area (Å²) in [6.07, 6.45) is 0.0562. The Morgan fingerprint density at radius 3 is 2.53 bits per heavy atom. The molecule has 0 aliphatic carbocycles. The Hall–Kier alpha value is -2.24. The summed E-state index contributed by atoms with van der Waals surface area (Å²) in [5, 5.41) is 8.78. The van der Waals surface area contributed by atoms with Gasteiger partial charge in [-0.3, -0.25) is 4.79 Å². The smallest absolute Gasteiger partial charge is 0.305 e. The first-order valence-electron chi connectivity index (χ1n) is 5.87. The molecule has 0 saturated carbocycles. The van der Waals surface area contributed by atoms with Crippen LogP contribution in [0.2, 0.25) is 0 Å². The normalized spacial score (nSPS) is 10.7. The van der Waals surface area contributed by atoms with Gasteiger partial charge in [-0.1, -0.05) is 0 Å². The van der Waals surface area contributed by atoms with Crippen LogP contribution in [0.1, 0.15) is 12.2 Å². The van der Waals surface area contributed by atoms with E-state index in [0.717, 1.165) is 16.9 Å². The third-order valence-electron chi connectivity index (χ3n) is 2.99. The van der Waals surface area contributed by atoms with Gasteiger partial charge in [-0.15, -0.1) is 0 Å². The highest BCUT2D eigenvalue weighted by atomic mass is 16.5. The van der Waals surface area contributed by atoms with Gasteiger partial charge in [0.2, 0.25) is 0 Å². The molecule has 6 nitrogen and oxygen atoms in total. The molecule has 2 rings (SSSR count). The number of rotatable bonds is 5. The number of ether oxygens (including phenoxy) is 2. The van der Waals surface area contributed by atoms with Crippen molar-refractivity contribution in [2.45, 2.75) is 19.9 Å². The molecular weight excluding hydrogens is 248 g/mol. The van der Waals surface area contributed by atoms with Crippen LogP contribution in [0, 0.1) is 6.92 Å². The summed E-state index contributed by atoms with van der Waals surface area (Å²) in [6, 6.07) is 3.61. The lowest BCUT2D eigenvalue weighted by Crippen LogP contribution is -2.06. The van der Waals surface area contributed by atoms with Crippen molar-refractivity contribution in [3.8, 4) is 11.5 Å². The Bertz CT molecular complexity index is 619. The second-order valence-electron chi connectivity index (χ2n) is 4.15. The molecule has 0 amide bonds. The molecular formula is C13H16N2O4. The fourth-order valence-electron chi connectivity index (χ4n) is 2.06. The van der Waals surface area contributed by atoms with Crippen LogP contribution < -0.4 is 9.47 Å². The SMILES string of the molecule is COc1cc2nc(C)n(CCC(=O)O)c2cc1OC. The number of carbonyl (C=O) groups is 1. The van der Waals surface area contributed by atoms with Crippen LogP contribution >= 0.6 is 0 Å². The number of benzene rings is 1. The number of carboxylic acids is 1. The van der Waals surface area contributed by atoms with Crippen LogP contribution in [0.4, 0.5) is 0 Å². The zero-order chi connectivity index (χ0) is 14.0. The van der Waals surface area contributed by atoms with E-state index >= 15 is 0 Å². The van der Waals surface area contributed by atoms with E-state index in [1.54, 1.807) is 20.3 Å². The maximum atomic E-state index is 10.7. The maximum absolute atomic E-state index is 10.7. The predicted molar refractivity (Wildman–Crippen MR) is 69.8 cm³/mol. The molecule has 0 unspecified atom stereocenters. The first-order valence-corrected chi connectivity index (χ1v) is 5.87. The molecule has 0 aliphatic heterocycles. The fourth-order valence-corrected chi connectivity index (χ4v) is 2.06. The van der Waals surface area contributed by atoms with Crippen molar-refractivity contribution >= 4 is 17.0 Å². The molecule has 1 aromatic heterocycles. The largest absolute Gasteiger partial charge is 0.493 e. The number of hydrogen-bond acceptors (Lipinski definition) is 4. The lowest BCUT2D eigenvalue weighted by atomic mass is 10.2. The first kappa shape index (κ1) is 13.2. The second kappa shape index (κ2) is 5.17. The quantitative estimate of drug-likeness (QED) is 0.892. The van der Waals surface area contributed by atoms with Crippen molar-refractivity contribution in [2.24, 2.45) is 0 Å². The molecule has 1 N–H and O–H groups in total. The zero-order valence-electron chi connectivity index (χ0n) is 11.1. The molecule has 19 heavy (non-hydrogen) atoms. The molecule has 0 saturated heterocycles. The van der Waals surface area contributed by atoms with Crippen molar-refractivity contribution in [1.82, 2.24) is 9.55 Å². The van der Waals surface area contributed by atoms with Crippen molar-refractivity contribution in [3.63, 3.8) is 0 Å². The number of nitrogens with zero attached hydrogens (tertiary/aromatic N) is 2. The van der Waals surface area contributed by atoms with Gasteiger partial charge in [-0.05, 0) is 6.92 Å². The molecule has 0 aliphatic rings. The number of fused-ring (bicyclic) bond motifs is 1. The van der Waals surface area contributed by atoms with Crippen LogP contribution in [-0.4, -0.2) is 34.8 Å². The van der Waals surface area contributed by atoms with Gasteiger partial charge < -0.3 is 19.1 Å². The minimum absolute atomic E-state index is 0.0562. The Morgan fingerprint density at radius 1 is 1.32 bits per heavy atom. The minimum Gasteiger partial charge on any atom is -0.493 e. The van der Waals surface area contributed by atoms with E-state index in [-0.39, 0.29) is 6.42 Å². The lowest BCUT2D eigenvalue weighted by molar-refractivity contribution is -0.137. The third kappa shape index (κ3) is 2.47. The lowest BCUT2D eigenvalue weighted by Gasteiger charge is -2.09. The molecule has 2 aromatic rings. The van der Waals surface area contributed by atoms with E-state index in [1.807, 2.05) is 17.6 Å². The highest BCUT2D eigenvalue weighted by molar-refractivity contribution is 5.81. The highest BCUT2D eigenvalue weighted by Crippen LogP contribution is 2.32. The molecule has 102 valence electrons. The van der Waals surface area contributed by atoms with Gasteiger partial charge in [0.05, 0.1) is 31.7 Å². The van der Waals surface area contributed by atoms with Crippen molar-refractivity contribution in [1.29, 1.82) is 0 Å². The summed E-state index contributed by atoms with van der Waals surface area (Å²) in [6.45, 7) is 2.23. The maximum Gasteiger partial charge on any atom is 0.305 e. The number of carboxylic acid groups (broad SMARTS) is 1. The van der Waals surface area contributed by atoms with E-state index < -0.39 is 5.97 Å². The van der Waals surface area contributed by atoms with Gasteiger partial charge in [0.25, 0.3) is 0 Å². The van der Waals surface area contributed by atoms with Gasteiger partial charge in [0.1, 0.15) is 5.82 Å². The Kier molecular flexibility index (Phi) is 3.59. The van der Waals surface area contributed by atoms with Crippen LogP contribution in [-0.2, 0) is 11.3 Å². The Labute approximate surface area is 110 Å². The average Bonchev–Trinajstić information content (AvgIpc) is 2.69. The Morgan fingerprint density at radius 2 is 1.95 bits per heavy atom. The molecule has 0 radical (unpaired) electrons. The third-order valence-corrected chi connectivity index (χ3v) is 2.99. The summed E-state index contributed by atoms with van der Waals surface area (Å²) in [5.74, 6) is 1.15. The Balaban J connectivity index is 2.52. The van der Waals surface area contributed by atoms with E-state index in [2.05, 4.69) is 4.98 Å². The molecule has 6 heteroatoms.